The van der Waals surface area contributed by atoms with Crippen LogP contribution in [-0.2, 0) is 13.5 Å². The van der Waals surface area contributed by atoms with Gasteiger partial charge in [-0.15, -0.1) is 11.3 Å². The molecule has 0 fully saturated rings. The van der Waals surface area contributed by atoms with Crippen LogP contribution in [0.25, 0.3) is 11.3 Å². The van der Waals surface area contributed by atoms with Crippen molar-refractivity contribution in [2.24, 2.45) is 12.8 Å². The molecule has 7 heteroatoms. The largest absolute Gasteiger partial charge is 0.354 e. The molecule has 0 spiro atoms. The molecule has 6 nitrogen and oxygen atoms in total. The lowest BCUT2D eigenvalue weighted by molar-refractivity contribution is 0.693. The Kier molecular flexibility index (Phi) is 5.25. The van der Waals surface area contributed by atoms with Gasteiger partial charge in [-0.25, -0.2) is 4.98 Å². The average Bonchev–Trinajstić information content (AvgIpc) is 3.13. The molecule has 0 aromatic carbocycles. The van der Waals surface area contributed by atoms with Crippen molar-refractivity contribution in [1.29, 1.82) is 0 Å². The summed E-state index contributed by atoms with van der Waals surface area (Å²) in [7, 11) is 1.71. The highest BCUT2D eigenvalue weighted by Gasteiger charge is 2.14. The zero-order valence-electron chi connectivity index (χ0n) is 14.3. The van der Waals surface area contributed by atoms with Crippen molar-refractivity contribution in [2.75, 3.05) is 11.9 Å². The highest BCUT2D eigenvalue weighted by atomic mass is 32.1. The minimum atomic E-state index is -0.0730. The van der Waals surface area contributed by atoms with E-state index in [9.17, 15) is 4.79 Å². The molecule has 0 aliphatic carbocycles. The van der Waals surface area contributed by atoms with Crippen LogP contribution in [0.5, 0.6) is 0 Å². The van der Waals surface area contributed by atoms with Crippen LogP contribution in [-0.4, -0.2) is 27.1 Å². The van der Waals surface area contributed by atoms with Crippen molar-refractivity contribution < 1.29 is 0 Å². The number of nitrogens with two attached hydrogens (primary N) is 1. The van der Waals surface area contributed by atoms with Crippen LogP contribution < -0.4 is 16.6 Å². The van der Waals surface area contributed by atoms with Gasteiger partial charge in [0, 0.05) is 48.0 Å². The summed E-state index contributed by atoms with van der Waals surface area (Å²) in [5.41, 5.74) is 8.28. The molecule has 0 unspecified atom stereocenters. The van der Waals surface area contributed by atoms with Gasteiger partial charge in [0.2, 0.25) is 5.95 Å². The van der Waals surface area contributed by atoms with Crippen molar-refractivity contribution in [2.45, 2.75) is 19.4 Å². The van der Waals surface area contributed by atoms with Crippen LogP contribution in [0.4, 0.5) is 5.95 Å². The Labute approximate surface area is 150 Å². The third-order valence-corrected chi connectivity index (χ3v) is 4.93. The summed E-state index contributed by atoms with van der Waals surface area (Å²) < 4.78 is 1.53. The quantitative estimate of drug-likeness (QED) is 0.708. The van der Waals surface area contributed by atoms with Gasteiger partial charge in [-0.1, -0.05) is 6.07 Å². The van der Waals surface area contributed by atoms with E-state index in [4.69, 9.17) is 5.73 Å². The van der Waals surface area contributed by atoms with Crippen molar-refractivity contribution >= 4 is 17.3 Å². The van der Waals surface area contributed by atoms with E-state index < -0.39 is 0 Å². The molecule has 0 aliphatic heterocycles. The summed E-state index contributed by atoms with van der Waals surface area (Å²) in [5.74, 6) is 0.518. The SMILES string of the molecule is Cc1c(-c2ccncc2)nc(NC[C@@H](N)Cc2cccs2)n(C)c1=O. The maximum Gasteiger partial charge on any atom is 0.258 e. The Morgan fingerprint density at radius 1 is 1.32 bits per heavy atom. The first-order valence-electron chi connectivity index (χ1n) is 8.06. The number of pyridine rings is 1. The number of hydrogen-bond acceptors (Lipinski definition) is 6. The molecule has 3 heterocycles. The highest BCUT2D eigenvalue weighted by molar-refractivity contribution is 7.09. The summed E-state index contributed by atoms with van der Waals surface area (Å²) in [4.78, 5) is 22.4. The second kappa shape index (κ2) is 7.58. The van der Waals surface area contributed by atoms with E-state index in [2.05, 4.69) is 21.4 Å². The maximum atomic E-state index is 12.5. The molecule has 130 valence electrons. The zero-order chi connectivity index (χ0) is 17.8. The number of hydrogen-bond donors (Lipinski definition) is 2. The molecule has 3 aromatic rings. The summed E-state index contributed by atoms with van der Waals surface area (Å²) in [5, 5.41) is 5.26. The van der Waals surface area contributed by atoms with Gasteiger partial charge in [0.15, 0.2) is 0 Å². The van der Waals surface area contributed by atoms with Gasteiger partial charge >= 0.3 is 0 Å². The van der Waals surface area contributed by atoms with E-state index in [1.807, 2.05) is 23.6 Å². The fourth-order valence-corrected chi connectivity index (χ4v) is 3.44. The number of nitrogens with one attached hydrogen (secondary N) is 1. The molecule has 0 saturated heterocycles. The van der Waals surface area contributed by atoms with E-state index in [0.717, 1.165) is 12.0 Å². The number of aromatic nitrogens is 3. The molecule has 25 heavy (non-hydrogen) atoms. The van der Waals surface area contributed by atoms with Crippen molar-refractivity contribution in [3.05, 3.63) is 62.8 Å². The number of rotatable bonds is 6. The van der Waals surface area contributed by atoms with Gasteiger partial charge in [0.05, 0.1) is 5.69 Å². The van der Waals surface area contributed by atoms with Crippen molar-refractivity contribution in [3.8, 4) is 11.3 Å². The van der Waals surface area contributed by atoms with E-state index >= 15 is 0 Å². The molecule has 0 aliphatic rings. The second-order valence-corrected chi connectivity index (χ2v) is 6.97. The molecular weight excluding hydrogens is 334 g/mol. The monoisotopic (exact) mass is 355 g/mol. The van der Waals surface area contributed by atoms with Crippen LogP contribution in [0, 0.1) is 6.92 Å². The Bertz CT molecular complexity index is 890. The zero-order valence-corrected chi connectivity index (χ0v) is 15.1. The van der Waals surface area contributed by atoms with E-state index in [-0.39, 0.29) is 11.6 Å². The molecule has 0 radical (unpaired) electrons. The Morgan fingerprint density at radius 2 is 2.08 bits per heavy atom. The normalized spacial score (nSPS) is 12.1. The lowest BCUT2D eigenvalue weighted by Gasteiger charge is -2.16. The first-order valence-corrected chi connectivity index (χ1v) is 8.94. The molecule has 1 atom stereocenters. The summed E-state index contributed by atoms with van der Waals surface area (Å²) in [6, 6.07) is 7.74. The van der Waals surface area contributed by atoms with Gasteiger partial charge in [-0.05, 0) is 36.9 Å². The molecule has 3 aromatic heterocycles. The van der Waals surface area contributed by atoms with Gasteiger partial charge in [-0.2, -0.15) is 0 Å². The lowest BCUT2D eigenvalue weighted by Crippen LogP contribution is -2.33. The maximum absolute atomic E-state index is 12.5. The van der Waals surface area contributed by atoms with Gasteiger partial charge in [-0.3, -0.25) is 14.3 Å². The van der Waals surface area contributed by atoms with Crippen LogP contribution in [0.3, 0.4) is 0 Å². The third-order valence-electron chi connectivity index (χ3n) is 4.04. The molecule has 3 rings (SSSR count). The van der Waals surface area contributed by atoms with Crippen LogP contribution in [0.1, 0.15) is 10.4 Å². The molecular formula is C18H21N5OS. The van der Waals surface area contributed by atoms with Gasteiger partial charge in [0.25, 0.3) is 5.56 Å². The Morgan fingerprint density at radius 3 is 2.76 bits per heavy atom. The van der Waals surface area contributed by atoms with Crippen molar-refractivity contribution in [3.63, 3.8) is 0 Å². The van der Waals surface area contributed by atoms with Crippen molar-refractivity contribution in [1.82, 2.24) is 14.5 Å². The predicted molar refractivity (Wildman–Crippen MR) is 102 cm³/mol. The average molecular weight is 355 g/mol. The number of anilines is 1. The third kappa shape index (κ3) is 3.94. The van der Waals surface area contributed by atoms with Crippen LogP contribution in [0.15, 0.2) is 46.8 Å². The van der Waals surface area contributed by atoms with E-state index in [1.54, 1.807) is 37.7 Å². The summed E-state index contributed by atoms with van der Waals surface area (Å²) >= 11 is 1.70. The van der Waals surface area contributed by atoms with Crippen LogP contribution >= 0.6 is 11.3 Å². The fraction of sp³-hybridized carbons (Fsp3) is 0.278. The molecule has 0 saturated carbocycles. The van der Waals surface area contributed by atoms with Gasteiger partial charge in [0.1, 0.15) is 0 Å². The number of thiophene rings is 1. The van der Waals surface area contributed by atoms with Crippen LogP contribution in [0.2, 0.25) is 0 Å². The second-order valence-electron chi connectivity index (χ2n) is 5.93. The summed E-state index contributed by atoms with van der Waals surface area (Å²) in [6.45, 7) is 2.33. The minimum Gasteiger partial charge on any atom is -0.354 e. The van der Waals surface area contributed by atoms with E-state index in [1.165, 1.54) is 9.44 Å². The standard InChI is InChI=1S/C18H21N5OS/c1-12-16(13-5-7-20-8-6-13)22-18(23(2)17(12)24)21-11-14(19)10-15-4-3-9-25-15/h3-9,14H,10-11,19H2,1-2H3,(H,21,22)/t14-/m0/s1. The topological polar surface area (TPSA) is 85.8 Å². The predicted octanol–water partition coefficient (Wildman–Crippen LogP) is 2.19. The molecule has 0 bridgehead atoms. The fourth-order valence-electron chi connectivity index (χ4n) is 2.64. The molecule has 3 N–H and O–H groups in total. The Hall–Kier alpha value is -2.51. The number of nitrogens with zero attached hydrogens (tertiary/aromatic N) is 3. The van der Waals surface area contributed by atoms with E-state index in [0.29, 0.717) is 23.8 Å². The van der Waals surface area contributed by atoms with Gasteiger partial charge < -0.3 is 11.1 Å². The smallest absolute Gasteiger partial charge is 0.258 e. The minimum absolute atomic E-state index is 0.0544. The lowest BCUT2D eigenvalue weighted by atomic mass is 10.1. The summed E-state index contributed by atoms with van der Waals surface area (Å²) in [6.07, 6.45) is 4.18. The first kappa shape index (κ1) is 17.3. The molecule has 0 amide bonds. The highest BCUT2D eigenvalue weighted by Crippen LogP contribution is 2.19. The Balaban J connectivity index is 1.81. The first-order chi connectivity index (χ1) is 12.1.